The average molecular weight is 345 g/mol. The highest BCUT2D eigenvalue weighted by Gasteiger charge is 2.17. The Kier molecular flexibility index (Phi) is 4.32. The van der Waals surface area contributed by atoms with Gasteiger partial charge in [0.15, 0.2) is 0 Å². The van der Waals surface area contributed by atoms with Crippen molar-refractivity contribution < 1.29 is 8.42 Å². The summed E-state index contributed by atoms with van der Waals surface area (Å²) in [5.41, 5.74) is 1.92. The molecule has 0 bridgehead atoms. The quantitative estimate of drug-likeness (QED) is 0.771. The van der Waals surface area contributed by atoms with Crippen molar-refractivity contribution in [2.24, 2.45) is 0 Å². The molecule has 23 heavy (non-hydrogen) atoms. The van der Waals surface area contributed by atoms with Crippen LogP contribution >= 0.6 is 11.6 Å². The highest BCUT2D eigenvalue weighted by Crippen LogP contribution is 2.24. The van der Waals surface area contributed by atoms with Crippen molar-refractivity contribution in [2.45, 2.75) is 4.90 Å². The highest BCUT2D eigenvalue weighted by atomic mass is 35.5. The van der Waals surface area contributed by atoms with E-state index in [0.717, 1.165) is 11.1 Å². The van der Waals surface area contributed by atoms with Gasteiger partial charge in [0.05, 0.1) is 5.02 Å². The second kappa shape index (κ2) is 6.40. The number of rotatable bonds is 4. The zero-order valence-electron chi connectivity index (χ0n) is 12.0. The van der Waals surface area contributed by atoms with E-state index in [9.17, 15) is 8.42 Å². The number of pyridine rings is 1. The molecule has 0 radical (unpaired) electrons. The van der Waals surface area contributed by atoms with Gasteiger partial charge in [0.1, 0.15) is 10.7 Å². The Bertz CT molecular complexity index is 911. The molecule has 1 N–H and O–H groups in total. The molecule has 0 saturated carbocycles. The van der Waals surface area contributed by atoms with Gasteiger partial charge in [-0.2, -0.15) is 0 Å². The lowest BCUT2D eigenvalue weighted by atomic mass is 10.1. The number of nitrogens with zero attached hydrogens (tertiary/aromatic N) is 1. The van der Waals surface area contributed by atoms with E-state index >= 15 is 0 Å². The Morgan fingerprint density at radius 2 is 1.52 bits per heavy atom. The summed E-state index contributed by atoms with van der Waals surface area (Å²) in [6.07, 6.45) is 1.62. The number of hydrogen-bond donors (Lipinski definition) is 1. The van der Waals surface area contributed by atoms with Crippen molar-refractivity contribution in [1.29, 1.82) is 0 Å². The Hall–Kier alpha value is -2.37. The van der Waals surface area contributed by atoms with E-state index in [4.69, 9.17) is 11.6 Å². The lowest BCUT2D eigenvalue weighted by Gasteiger charge is -2.09. The van der Waals surface area contributed by atoms with E-state index < -0.39 is 10.0 Å². The summed E-state index contributed by atoms with van der Waals surface area (Å²) in [4.78, 5) is 4.19. The molecule has 3 rings (SSSR count). The summed E-state index contributed by atoms with van der Waals surface area (Å²) < 4.78 is 27.1. The van der Waals surface area contributed by atoms with E-state index in [1.54, 1.807) is 24.4 Å². The van der Waals surface area contributed by atoms with Gasteiger partial charge in [-0.25, -0.2) is 13.4 Å². The van der Waals surface area contributed by atoms with Crippen LogP contribution in [0.1, 0.15) is 0 Å². The number of hydrogen-bond acceptors (Lipinski definition) is 3. The molecule has 0 spiro atoms. The van der Waals surface area contributed by atoms with Gasteiger partial charge in [0.25, 0.3) is 10.0 Å². The molecular weight excluding hydrogens is 332 g/mol. The molecule has 0 atom stereocenters. The number of aromatic nitrogens is 1. The van der Waals surface area contributed by atoms with Crippen LogP contribution in [0.3, 0.4) is 0 Å². The largest absolute Gasteiger partial charge is 0.264 e. The Morgan fingerprint density at radius 1 is 0.826 bits per heavy atom. The first-order valence-electron chi connectivity index (χ1n) is 6.85. The molecule has 1 heterocycles. The first-order valence-corrected chi connectivity index (χ1v) is 8.71. The van der Waals surface area contributed by atoms with Crippen LogP contribution in [0, 0.1) is 0 Å². The molecule has 0 saturated heterocycles. The maximum absolute atomic E-state index is 12.3. The normalized spacial score (nSPS) is 11.2. The van der Waals surface area contributed by atoms with Crippen molar-refractivity contribution in [3.05, 3.63) is 77.9 Å². The van der Waals surface area contributed by atoms with E-state index in [0.29, 0.717) is 0 Å². The molecule has 116 valence electrons. The lowest BCUT2D eigenvalue weighted by molar-refractivity contribution is 0.601. The summed E-state index contributed by atoms with van der Waals surface area (Å²) in [6.45, 7) is 0. The Morgan fingerprint density at radius 3 is 2.17 bits per heavy atom. The third kappa shape index (κ3) is 3.52. The van der Waals surface area contributed by atoms with Crippen molar-refractivity contribution in [1.82, 2.24) is 4.98 Å². The molecule has 0 unspecified atom stereocenters. The molecule has 0 aliphatic carbocycles. The SMILES string of the molecule is O=S(=O)(Nc1ccc(-c2ccccc2)cn1)c1ccccc1Cl. The van der Waals surface area contributed by atoms with Gasteiger partial charge < -0.3 is 0 Å². The molecule has 1 aromatic heterocycles. The van der Waals surface area contributed by atoms with Crippen LogP contribution in [0.5, 0.6) is 0 Å². The van der Waals surface area contributed by atoms with Crippen molar-refractivity contribution in [3.63, 3.8) is 0 Å². The second-order valence-corrected chi connectivity index (χ2v) is 6.89. The van der Waals surface area contributed by atoms with Gasteiger partial charge in [-0.3, -0.25) is 4.72 Å². The highest BCUT2D eigenvalue weighted by molar-refractivity contribution is 7.92. The van der Waals surface area contributed by atoms with Gasteiger partial charge >= 0.3 is 0 Å². The zero-order chi connectivity index (χ0) is 16.3. The summed E-state index contributed by atoms with van der Waals surface area (Å²) in [5, 5.41) is 0.168. The molecule has 0 amide bonds. The Balaban J connectivity index is 1.85. The number of nitrogens with one attached hydrogen (secondary N) is 1. The number of benzene rings is 2. The molecule has 6 heteroatoms. The lowest BCUT2D eigenvalue weighted by Crippen LogP contribution is -2.14. The molecular formula is C17H13ClN2O2S. The molecule has 0 fully saturated rings. The third-order valence-corrected chi connectivity index (χ3v) is 5.09. The maximum Gasteiger partial charge on any atom is 0.264 e. The fourth-order valence-corrected chi connectivity index (χ4v) is 3.64. The maximum atomic E-state index is 12.3. The molecule has 0 aliphatic heterocycles. The first-order chi connectivity index (χ1) is 11.1. The van der Waals surface area contributed by atoms with E-state index in [1.807, 2.05) is 36.4 Å². The second-order valence-electron chi connectivity index (χ2n) is 4.83. The van der Waals surface area contributed by atoms with E-state index in [1.165, 1.54) is 12.1 Å². The fourth-order valence-electron chi connectivity index (χ4n) is 2.11. The van der Waals surface area contributed by atoms with Crippen LogP contribution in [0.4, 0.5) is 5.82 Å². The van der Waals surface area contributed by atoms with Crippen LogP contribution in [0.25, 0.3) is 11.1 Å². The Labute approximate surface area is 139 Å². The summed E-state index contributed by atoms with van der Waals surface area (Å²) in [5.74, 6) is 0.240. The number of anilines is 1. The van der Waals surface area contributed by atoms with Crippen molar-refractivity contribution >= 4 is 27.4 Å². The monoisotopic (exact) mass is 344 g/mol. The van der Waals surface area contributed by atoms with Crippen LogP contribution in [0.2, 0.25) is 5.02 Å². The van der Waals surface area contributed by atoms with E-state index in [-0.39, 0.29) is 15.7 Å². The van der Waals surface area contributed by atoms with Gasteiger partial charge in [0, 0.05) is 11.8 Å². The van der Waals surface area contributed by atoms with Crippen LogP contribution in [-0.2, 0) is 10.0 Å². The van der Waals surface area contributed by atoms with Crippen molar-refractivity contribution in [2.75, 3.05) is 4.72 Å². The van der Waals surface area contributed by atoms with Gasteiger partial charge in [-0.15, -0.1) is 0 Å². The number of halogens is 1. The molecule has 0 aliphatic rings. The van der Waals surface area contributed by atoms with Crippen LogP contribution < -0.4 is 4.72 Å². The predicted octanol–water partition coefficient (Wildman–Crippen LogP) is 4.20. The van der Waals surface area contributed by atoms with Gasteiger partial charge in [-0.05, 0) is 29.8 Å². The zero-order valence-corrected chi connectivity index (χ0v) is 13.6. The minimum absolute atomic E-state index is 0.0237. The van der Waals surface area contributed by atoms with Gasteiger partial charge in [0.2, 0.25) is 0 Å². The first kappa shape index (κ1) is 15.5. The molecule has 4 nitrogen and oxygen atoms in total. The summed E-state index contributed by atoms with van der Waals surface area (Å²) in [7, 11) is -3.77. The number of sulfonamides is 1. The minimum Gasteiger partial charge on any atom is -0.263 e. The summed E-state index contributed by atoms with van der Waals surface area (Å²) >= 11 is 5.94. The third-order valence-electron chi connectivity index (χ3n) is 3.24. The van der Waals surface area contributed by atoms with Crippen LogP contribution in [0.15, 0.2) is 77.8 Å². The topological polar surface area (TPSA) is 59.1 Å². The minimum atomic E-state index is -3.77. The standard InChI is InChI=1S/C17H13ClN2O2S/c18-15-8-4-5-9-16(15)23(21,22)20-17-11-10-14(12-19-17)13-6-2-1-3-7-13/h1-12H,(H,19,20). The summed E-state index contributed by atoms with van der Waals surface area (Å²) in [6, 6.07) is 19.4. The molecule has 3 aromatic rings. The van der Waals surface area contributed by atoms with E-state index in [2.05, 4.69) is 9.71 Å². The van der Waals surface area contributed by atoms with Crippen molar-refractivity contribution in [3.8, 4) is 11.1 Å². The van der Waals surface area contributed by atoms with Crippen LogP contribution in [-0.4, -0.2) is 13.4 Å². The smallest absolute Gasteiger partial charge is 0.263 e. The average Bonchev–Trinajstić information content (AvgIpc) is 2.56. The predicted molar refractivity (Wildman–Crippen MR) is 91.9 cm³/mol. The molecule has 2 aromatic carbocycles. The van der Waals surface area contributed by atoms with Gasteiger partial charge in [-0.1, -0.05) is 54.1 Å². The fraction of sp³-hybridized carbons (Fsp3) is 0.